The first-order valence-corrected chi connectivity index (χ1v) is 6.06. The molecular weight excluding hydrogens is 205 g/mol. The summed E-state index contributed by atoms with van der Waals surface area (Å²) in [4.78, 5) is 11.2. The van der Waals surface area contributed by atoms with E-state index in [1.807, 2.05) is 6.92 Å². The van der Waals surface area contributed by atoms with Crippen molar-refractivity contribution in [1.82, 2.24) is 0 Å². The number of carboxylic acids is 1. The fourth-order valence-corrected chi connectivity index (χ4v) is 2.55. The minimum absolute atomic E-state index is 0.0350. The van der Waals surface area contributed by atoms with Crippen LogP contribution in [-0.2, 0) is 4.79 Å². The van der Waals surface area contributed by atoms with Gasteiger partial charge in [-0.05, 0) is 31.0 Å². The zero-order valence-electron chi connectivity index (χ0n) is 10.1. The van der Waals surface area contributed by atoms with Crippen molar-refractivity contribution in [1.29, 1.82) is 0 Å². The smallest absolute Gasteiger partial charge is 0.323 e. The van der Waals surface area contributed by atoms with E-state index in [0.717, 1.165) is 25.6 Å². The van der Waals surface area contributed by atoms with Gasteiger partial charge in [0.2, 0.25) is 0 Å². The molecule has 1 rings (SSSR count). The van der Waals surface area contributed by atoms with Crippen LogP contribution in [0.1, 0.15) is 32.6 Å². The van der Waals surface area contributed by atoms with Crippen molar-refractivity contribution >= 4 is 12.9 Å². The highest BCUT2D eigenvalue weighted by Crippen LogP contribution is 2.37. The largest absolute Gasteiger partial charge is 0.480 e. The van der Waals surface area contributed by atoms with Gasteiger partial charge in [-0.2, -0.15) is 0 Å². The van der Waals surface area contributed by atoms with E-state index in [1.165, 1.54) is 0 Å². The Kier molecular flexibility index (Phi) is 4.39. The maximum Gasteiger partial charge on any atom is 0.323 e. The van der Waals surface area contributed by atoms with E-state index in [1.54, 1.807) is 6.82 Å². The van der Waals surface area contributed by atoms with Gasteiger partial charge >= 0.3 is 5.97 Å². The fraction of sp³-hybridized carbons (Fsp3) is 0.909. The lowest BCUT2D eigenvalue weighted by Crippen LogP contribution is -2.56. The van der Waals surface area contributed by atoms with Crippen molar-refractivity contribution in [3.63, 3.8) is 0 Å². The van der Waals surface area contributed by atoms with Gasteiger partial charge in [0, 0.05) is 0 Å². The molecule has 92 valence electrons. The van der Waals surface area contributed by atoms with Crippen LogP contribution in [0.25, 0.3) is 0 Å². The minimum atomic E-state index is -1.07. The van der Waals surface area contributed by atoms with Crippen molar-refractivity contribution in [2.24, 2.45) is 17.6 Å². The van der Waals surface area contributed by atoms with Crippen molar-refractivity contribution in [3.05, 3.63) is 0 Å². The summed E-state index contributed by atoms with van der Waals surface area (Å²) >= 11 is 0. The molecular formula is C11H22BNO3. The lowest BCUT2D eigenvalue weighted by atomic mass is 9.62. The molecule has 3 atom stereocenters. The average Bonchev–Trinajstić information content (AvgIpc) is 2.19. The number of carbonyl (C=O) groups is 1. The molecule has 1 saturated carbocycles. The van der Waals surface area contributed by atoms with Crippen LogP contribution in [0.4, 0.5) is 0 Å². The van der Waals surface area contributed by atoms with Crippen LogP contribution < -0.4 is 5.73 Å². The van der Waals surface area contributed by atoms with Crippen LogP contribution >= 0.6 is 0 Å². The molecule has 0 amide bonds. The summed E-state index contributed by atoms with van der Waals surface area (Å²) in [5.74, 6) is -0.513. The van der Waals surface area contributed by atoms with E-state index in [9.17, 15) is 14.9 Å². The molecule has 4 N–H and O–H groups in total. The Morgan fingerprint density at radius 1 is 1.56 bits per heavy atom. The Bertz CT molecular complexity index is 260. The second-order valence-electron chi connectivity index (χ2n) is 5.32. The average molecular weight is 227 g/mol. The Balaban J connectivity index is 2.57. The summed E-state index contributed by atoms with van der Waals surface area (Å²) in [7, 11) is 0. The second kappa shape index (κ2) is 5.19. The summed E-state index contributed by atoms with van der Waals surface area (Å²) in [6.45, 7) is 3.37. The van der Waals surface area contributed by atoms with Crippen LogP contribution in [0.5, 0.6) is 0 Å². The molecule has 0 bridgehead atoms. The zero-order chi connectivity index (χ0) is 12.3. The lowest BCUT2D eigenvalue weighted by molar-refractivity contribution is -0.147. The molecule has 0 unspecified atom stereocenters. The van der Waals surface area contributed by atoms with E-state index >= 15 is 0 Å². The molecule has 5 heteroatoms. The van der Waals surface area contributed by atoms with Gasteiger partial charge in [0.05, 0.1) is 0 Å². The van der Waals surface area contributed by atoms with Gasteiger partial charge in [-0.15, -0.1) is 0 Å². The third-order valence-corrected chi connectivity index (χ3v) is 3.90. The molecule has 0 radical (unpaired) electrons. The highest BCUT2D eigenvalue weighted by Gasteiger charge is 2.44. The number of carboxylic acid groups (broad SMARTS) is 1. The lowest BCUT2D eigenvalue weighted by Gasteiger charge is -2.39. The Hall–Kier alpha value is -0.545. The van der Waals surface area contributed by atoms with Gasteiger partial charge in [-0.25, -0.2) is 0 Å². The van der Waals surface area contributed by atoms with E-state index in [4.69, 9.17) is 5.73 Å². The molecule has 1 aliphatic rings. The molecule has 1 aliphatic carbocycles. The number of aliphatic carboxylic acids is 1. The molecule has 0 aromatic rings. The molecule has 16 heavy (non-hydrogen) atoms. The Morgan fingerprint density at radius 2 is 2.19 bits per heavy atom. The number of rotatable bonds is 4. The summed E-state index contributed by atoms with van der Waals surface area (Å²) in [6.07, 6.45) is 4.04. The number of nitrogens with two attached hydrogens (primary N) is 1. The third kappa shape index (κ3) is 2.98. The summed E-state index contributed by atoms with van der Waals surface area (Å²) in [5, 5.41) is 18.4. The van der Waals surface area contributed by atoms with E-state index in [0.29, 0.717) is 12.3 Å². The molecule has 0 aliphatic heterocycles. The fourth-order valence-electron chi connectivity index (χ4n) is 2.55. The van der Waals surface area contributed by atoms with Crippen LogP contribution in [0, 0.1) is 11.8 Å². The predicted octanol–water partition coefficient (Wildman–Crippen LogP) is 1.21. The molecule has 0 spiro atoms. The van der Waals surface area contributed by atoms with Gasteiger partial charge in [0.25, 0.3) is 6.92 Å². The van der Waals surface area contributed by atoms with E-state index in [2.05, 4.69) is 0 Å². The highest BCUT2D eigenvalue weighted by atomic mass is 16.4. The summed E-state index contributed by atoms with van der Waals surface area (Å²) < 4.78 is 0. The molecule has 0 heterocycles. The van der Waals surface area contributed by atoms with Crippen molar-refractivity contribution in [3.8, 4) is 0 Å². The molecule has 0 aromatic heterocycles. The van der Waals surface area contributed by atoms with E-state index < -0.39 is 11.5 Å². The highest BCUT2D eigenvalue weighted by molar-refractivity contribution is 6.48. The van der Waals surface area contributed by atoms with Crippen molar-refractivity contribution in [2.45, 2.75) is 51.3 Å². The minimum Gasteiger partial charge on any atom is -0.480 e. The van der Waals surface area contributed by atoms with Gasteiger partial charge in [-0.1, -0.05) is 26.6 Å². The van der Waals surface area contributed by atoms with Gasteiger partial charge in [0.15, 0.2) is 0 Å². The first kappa shape index (κ1) is 13.5. The van der Waals surface area contributed by atoms with Crippen molar-refractivity contribution < 1.29 is 14.9 Å². The van der Waals surface area contributed by atoms with E-state index in [-0.39, 0.29) is 12.8 Å². The third-order valence-electron chi connectivity index (χ3n) is 3.90. The normalized spacial score (nSPS) is 34.8. The van der Waals surface area contributed by atoms with Crippen molar-refractivity contribution in [2.75, 3.05) is 0 Å². The van der Waals surface area contributed by atoms with Crippen LogP contribution in [0.15, 0.2) is 0 Å². The Morgan fingerprint density at radius 3 is 2.69 bits per heavy atom. The maximum absolute atomic E-state index is 11.2. The molecule has 4 nitrogen and oxygen atoms in total. The van der Waals surface area contributed by atoms with Gasteiger partial charge in [-0.3, -0.25) is 4.79 Å². The predicted molar refractivity (Wildman–Crippen MR) is 64.3 cm³/mol. The van der Waals surface area contributed by atoms with Crippen LogP contribution in [0.2, 0.25) is 13.1 Å². The first-order valence-electron chi connectivity index (χ1n) is 6.06. The monoisotopic (exact) mass is 227 g/mol. The maximum atomic E-state index is 11.2. The number of hydrogen-bond acceptors (Lipinski definition) is 3. The topological polar surface area (TPSA) is 83.5 Å². The summed E-state index contributed by atoms with van der Waals surface area (Å²) in [6, 6.07) is 0. The standard InChI is InChI=1S/C11H22BNO3/c1-8-3-4-9(5-6-12(2)16)7-11(8,13)10(14)15/h8-9,16H,3-7,13H2,1-2H3,(H,14,15)/t8-,9+,11-/m1/s1. The number of hydrogen-bond donors (Lipinski definition) is 3. The van der Waals surface area contributed by atoms with Crippen LogP contribution in [0.3, 0.4) is 0 Å². The SMILES string of the molecule is CB(O)CC[C@@H]1CC[C@@H](C)[C@@](N)(C(=O)O)C1. The second-order valence-corrected chi connectivity index (χ2v) is 5.32. The van der Waals surface area contributed by atoms with Gasteiger partial charge < -0.3 is 15.9 Å². The quantitative estimate of drug-likeness (QED) is 0.630. The van der Waals surface area contributed by atoms with Crippen LogP contribution in [-0.4, -0.2) is 28.6 Å². The first-order chi connectivity index (χ1) is 7.36. The van der Waals surface area contributed by atoms with Gasteiger partial charge in [0.1, 0.15) is 5.54 Å². The molecule has 1 fully saturated rings. The molecule has 0 saturated heterocycles. The summed E-state index contributed by atoms with van der Waals surface area (Å²) in [5.41, 5.74) is 4.91. The molecule has 0 aromatic carbocycles. The Labute approximate surface area is 97.3 Å². The zero-order valence-corrected chi connectivity index (χ0v) is 10.1.